The van der Waals surface area contributed by atoms with E-state index < -0.39 is 0 Å². The molecule has 0 aliphatic heterocycles. The summed E-state index contributed by atoms with van der Waals surface area (Å²) in [6, 6.07) is 19.7. The fourth-order valence-electron chi connectivity index (χ4n) is 2.86. The van der Waals surface area contributed by atoms with Crippen LogP contribution < -0.4 is 10.7 Å². The minimum absolute atomic E-state index is 0.314. The fourth-order valence-corrected chi connectivity index (χ4v) is 2.86. The molecule has 0 atom stereocenters. The van der Waals surface area contributed by atoms with Crippen molar-refractivity contribution < 1.29 is 0 Å². The SMILES string of the molecule is Cc1ccc(C=NNc2nc(Nc3ccccc3)nc(-n3nc(C)cc3C)n2)cc1. The van der Waals surface area contributed by atoms with Crippen molar-refractivity contribution >= 4 is 23.8 Å². The predicted octanol–water partition coefficient (Wildman–Crippen LogP) is 4.17. The summed E-state index contributed by atoms with van der Waals surface area (Å²) < 4.78 is 1.68. The Morgan fingerprint density at radius 1 is 0.867 bits per heavy atom. The first-order valence-corrected chi connectivity index (χ1v) is 9.54. The molecule has 0 aliphatic rings. The number of nitrogens with one attached hydrogen (secondary N) is 2. The van der Waals surface area contributed by atoms with Gasteiger partial charge >= 0.3 is 0 Å². The van der Waals surface area contributed by atoms with Gasteiger partial charge in [-0.25, -0.2) is 10.1 Å². The Morgan fingerprint density at radius 2 is 1.60 bits per heavy atom. The number of anilines is 3. The zero-order chi connectivity index (χ0) is 20.9. The second kappa shape index (κ2) is 8.52. The molecule has 0 saturated carbocycles. The number of benzene rings is 2. The standard InChI is InChI=1S/C22H22N8/c1-15-9-11-18(12-10-15)14-23-28-21-25-20(24-19-7-5-4-6-8-19)26-22(27-21)30-17(3)13-16(2)29-30/h4-14H,1-3H3,(H2,24,25,26,27,28). The van der Waals surface area contributed by atoms with Crippen LogP contribution in [0, 0.1) is 20.8 Å². The zero-order valence-corrected chi connectivity index (χ0v) is 17.0. The van der Waals surface area contributed by atoms with Crippen LogP contribution in [0.2, 0.25) is 0 Å². The molecule has 4 aromatic rings. The molecule has 0 fully saturated rings. The molecule has 2 heterocycles. The first kappa shape index (κ1) is 19.3. The Labute approximate surface area is 174 Å². The minimum Gasteiger partial charge on any atom is -0.324 e. The fraction of sp³-hybridized carbons (Fsp3) is 0.136. The van der Waals surface area contributed by atoms with E-state index in [1.807, 2.05) is 81.4 Å². The number of hydrogen-bond acceptors (Lipinski definition) is 7. The molecule has 0 saturated heterocycles. The lowest BCUT2D eigenvalue weighted by Crippen LogP contribution is -2.11. The molecule has 0 aliphatic carbocycles. The Bertz CT molecular complexity index is 1160. The van der Waals surface area contributed by atoms with Gasteiger partial charge in [-0.2, -0.15) is 25.2 Å². The van der Waals surface area contributed by atoms with Gasteiger partial charge in [0.15, 0.2) is 0 Å². The summed E-state index contributed by atoms with van der Waals surface area (Å²) in [6.45, 7) is 5.93. The summed E-state index contributed by atoms with van der Waals surface area (Å²) in [4.78, 5) is 13.4. The number of aromatic nitrogens is 5. The molecule has 2 N–H and O–H groups in total. The molecule has 30 heavy (non-hydrogen) atoms. The second-order valence-corrected chi connectivity index (χ2v) is 6.89. The van der Waals surface area contributed by atoms with Crippen LogP contribution in [0.5, 0.6) is 0 Å². The number of para-hydroxylation sites is 1. The van der Waals surface area contributed by atoms with Crippen LogP contribution in [-0.2, 0) is 0 Å². The molecule has 0 spiro atoms. The predicted molar refractivity (Wildman–Crippen MR) is 119 cm³/mol. The van der Waals surface area contributed by atoms with Gasteiger partial charge in [0.2, 0.25) is 11.9 Å². The van der Waals surface area contributed by atoms with Crippen LogP contribution in [0.4, 0.5) is 17.6 Å². The maximum Gasteiger partial charge on any atom is 0.257 e. The molecule has 0 unspecified atom stereocenters. The van der Waals surface area contributed by atoms with Crippen molar-refractivity contribution in [3.8, 4) is 5.95 Å². The third kappa shape index (κ3) is 4.67. The first-order chi connectivity index (χ1) is 14.6. The van der Waals surface area contributed by atoms with Gasteiger partial charge in [0.25, 0.3) is 5.95 Å². The van der Waals surface area contributed by atoms with Crippen LogP contribution >= 0.6 is 0 Å². The Hall–Kier alpha value is -4.07. The van der Waals surface area contributed by atoms with E-state index in [0.29, 0.717) is 17.8 Å². The monoisotopic (exact) mass is 398 g/mol. The average Bonchev–Trinajstić information content (AvgIpc) is 3.08. The van der Waals surface area contributed by atoms with Crippen LogP contribution in [0.25, 0.3) is 5.95 Å². The Kier molecular flexibility index (Phi) is 5.47. The van der Waals surface area contributed by atoms with Crippen molar-refractivity contribution in [3.63, 3.8) is 0 Å². The van der Waals surface area contributed by atoms with E-state index in [-0.39, 0.29) is 0 Å². The number of hydrazone groups is 1. The topological polar surface area (TPSA) is 92.9 Å². The Morgan fingerprint density at radius 3 is 2.30 bits per heavy atom. The Balaban J connectivity index is 1.64. The van der Waals surface area contributed by atoms with Crippen molar-refractivity contribution in [3.05, 3.63) is 83.2 Å². The van der Waals surface area contributed by atoms with Gasteiger partial charge < -0.3 is 5.32 Å². The van der Waals surface area contributed by atoms with Crippen LogP contribution in [0.3, 0.4) is 0 Å². The molecule has 0 bridgehead atoms. The summed E-state index contributed by atoms with van der Waals surface area (Å²) in [7, 11) is 0. The van der Waals surface area contributed by atoms with Crippen LogP contribution in [0.15, 0.2) is 65.8 Å². The summed E-state index contributed by atoms with van der Waals surface area (Å²) in [6.07, 6.45) is 1.72. The van der Waals surface area contributed by atoms with Crippen molar-refractivity contribution in [1.29, 1.82) is 0 Å². The van der Waals surface area contributed by atoms with Crippen LogP contribution in [0.1, 0.15) is 22.5 Å². The van der Waals surface area contributed by atoms with Crippen molar-refractivity contribution in [2.24, 2.45) is 5.10 Å². The average molecular weight is 398 g/mol. The number of aryl methyl sites for hydroxylation is 3. The molecule has 2 aromatic heterocycles. The number of rotatable bonds is 6. The van der Waals surface area contributed by atoms with Gasteiger partial charge in [0.1, 0.15) is 0 Å². The van der Waals surface area contributed by atoms with Gasteiger partial charge in [-0.3, -0.25) is 0 Å². The van der Waals surface area contributed by atoms with E-state index in [1.54, 1.807) is 10.9 Å². The molecule has 150 valence electrons. The third-order valence-electron chi connectivity index (χ3n) is 4.31. The van der Waals surface area contributed by atoms with Crippen molar-refractivity contribution in [2.75, 3.05) is 10.7 Å². The maximum atomic E-state index is 4.52. The molecule has 0 amide bonds. The summed E-state index contributed by atoms with van der Waals surface area (Å²) in [5.41, 5.74) is 7.76. The molecule has 8 heteroatoms. The van der Waals surface area contributed by atoms with Gasteiger partial charge in [-0.1, -0.05) is 48.0 Å². The molecule has 4 rings (SSSR count). The second-order valence-electron chi connectivity index (χ2n) is 6.89. The number of nitrogens with zero attached hydrogens (tertiary/aromatic N) is 6. The summed E-state index contributed by atoms with van der Waals surface area (Å²) >= 11 is 0. The van der Waals surface area contributed by atoms with Crippen molar-refractivity contribution in [2.45, 2.75) is 20.8 Å². The van der Waals surface area contributed by atoms with E-state index in [0.717, 1.165) is 22.6 Å². The minimum atomic E-state index is 0.314. The van der Waals surface area contributed by atoms with E-state index in [4.69, 9.17) is 0 Å². The highest BCUT2D eigenvalue weighted by Crippen LogP contribution is 2.16. The first-order valence-electron chi connectivity index (χ1n) is 9.54. The van der Waals surface area contributed by atoms with Crippen molar-refractivity contribution in [1.82, 2.24) is 24.7 Å². The highest BCUT2D eigenvalue weighted by atomic mass is 15.4. The molecule has 8 nitrogen and oxygen atoms in total. The molecule has 2 aromatic carbocycles. The van der Waals surface area contributed by atoms with Gasteiger partial charge in [0.05, 0.1) is 11.9 Å². The quantitative estimate of drug-likeness (QED) is 0.374. The highest BCUT2D eigenvalue weighted by molar-refractivity contribution is 5.80. The normalized spacial score (nSPS) is 11.0. The lowest BCUT2D eigenvalue weighted by molar-refractivity contribution is 0.767. The van der Waals surface area contributed by atoms with E-state index >= 15 is 0 Å². The zero-order valence-electron chi connectivity index (χ0n) is 17.0. The lowest BCUT2D eigenvalue weighted by Gasteiger charge is -2.09. The van der Waals surface area contributed by atoms with E-state index in [1.165, 1.54) is 5.56 Å². The van der Waals surface area contributed by atoms with Gasteiger partial charge in [-0.15, -0.1) is 0 Å². The molecular formula is C22H22N8. The largest absolute Gasteiger partial charge is 0.324 e. The number of hydrogen-bond donors (Lipinski definition) is 2. The summed E-state index contributed by atoms with van der Waals surface area (Å²) in [5, 5.41) is 11.9. The lowest BCUT2D eigenvalue weighted by atomic mass is 10.2. The van der Waals surface area contributed by atoms with E-state index in [2.05, 4.69) is 35.9 Å². The molecular weight excluding hydrogens is 376 g/mol. The van der Waals surface area contributed by atoms with E-state index in [9.17, 15) is 0 Å². The smallest absolute Gasteiger partial charge is 0.257 e. The molecule has 0 radical (unpaired) electrons. The third-order valence-corrected chi connectivity index (χ3v) is 4.31. The van der Waals surface area contributed by atoms with Gasteiger partial charge in [0, 0.05) is 11.4 Å². The van der Waals surface area contributed by atoms with Crippen LogP contribution in [-0.4, -0.2) is 30.9 Å². The maximum absolute atomic E-state index is 4.52. The van der Waals surface area contributed by atoms with Gasteiger partial charge in [-0.05, 0) is 44.5 Å². The highest BCUT2D eigenvalue weighted by Gasteiger charge is 2.12. The summed E-state index contributed by atoms with van der Waals surface area (Å²) in [5.74, 6) is 1.11.